The van der Waals surface area contributed by atoms with Crippen LogP contribution in [0.5, 0.6) is 0 Å². The number of aliphatic hydroxyl groups is 1. The largest absolute Gasteiger partial charge is 0.477 e. The maximum atomic E-state index is 10.8. The first-order valence-electron chi connectivity index (χ1n) is 5.49. The first kappa shape index (κ1) is 13.4. The van der Waals surface area contributed by atoms with Crippen molar-refractivity contribution in [2.24, 2.45) is 0 Å². The average molecular weight is 239 g/mol. The van der Waals surface area contributed by atoms with Crippen molar-refractivity contribution in [2.45, 2.75) is 32.7 Å². The number of hydrogen-bond donors (Lipinski definition) is 3. The van der Waals surface area contributed by atoms with E-state index in [1.807, 2.05) is 6.92 Å². The fourth-order valence-corrected chi connectivity index (χ4v) is 1.43. The highest BCUT2D eigenvalue weighted by molar-refractivity contribution is 5.85. The number of nitrogens with one attached hydrogen (secondary N) is 1. The molecule has 0 amide bonds. The second-order valence-electron chi connectivity index (χ2n) is 3.93. The molecule has 0 aliphatic carbocycles. The van der Waals surface area contributed by atoms with Crippen LogP contribution in [-0.2, 0) is 0 Å². The summed E-state index contributed by atoms with van der Waals surface area (Å²) < 4.78 is 0. The van der Waals surface area contributed by atoms with Crippen molar-refractivity contribution in [2.75, 3.05) is 11.9 Å². The van der Waals surface area contributed by atoms with Crippen LogP contribution >= 0.6 is 0 Å². The molecule has 0 aliphatic heterocycles. The number of carboxylic acids is 1. The Bertz CT molecular complexity index is 396. The van der Waals surface area contributed by atoms with Crippen molar-refractivity contribution >= 4 is 11.9 Å². The fraction of sp³-hybridized carbons (Fsp3) is 0.545. The molecule has 1 aromatic rings. The van der Waals surface area contributed by atoms with E-state index in [2.05, 4.69) is 15.3 Å². The van der Waals surface area contributed by atoms with Gasteiger partial charge in [-0.1, -0.05) is 0 Å². The first-order valence-corrected chi connectivity index (χ1v) is 5.49. The van der Waals surface area contributed by atoms with E-state index in [-0.39, 0.29) is 18.3 Å². The molecule has 0 saturated carbocycles. The normalized spacial score (nSPS) is 12.2. The second-order valence-corrected chi connectivity index (χ2v) is 3.93. The molecule has 0 fully saturated rings. The molecular formula is C11H17N3O3. The number of carbonyl (C=O) groups is 1. The van der Waals surface area contributed by atoms with E-state index < -0.39 is 5.97 Å². The Labute approximate surface area is 99.7 Å². The Morgan fingerprint density at radius 1 is 1.53 bits per heavy atom. The van der Waals surface area contributed by atoms with Gasteiger partial charge in [-0.25, -0.2) is 14.8 Å². The first-order chi connectivity index (χ1) is 8.02. The van der Waals surface area contributed by atoms with Crippen LogP contribution in [0.25, 0.3) is 0 Å². The highest BCUT2D eigenvalue weighted by atomic mass is 16.4. The van der Waals surface area contributed by atoms with E-state index in [4.69, 9.17) is 10.2 Å². The molecule has 1 rings (SSSR count). The zero-order valence-corrected chi connectivity index (χ0v) is 9.97. The molecule has 17 heavy (non-hydrogen) atoms. The molecule has 1 unspecified atom stereocenters. The number of aromatic nitrogens is 2. The van der Waals surface area contributed by atoms with Gasteiger partial charge in [0.25, 0.3) is 0 Å². The number of aromatic carboxylic acids is 1. The molecule has 0 spiro atoms. The third-order valence-corrected chi connectivity index (χ3v) is 2.24. The predicted octanol–water partition coefficient (Wildman–Crippen LogP) is 1.06. The zero-order chi connectivity index (χ0) is 12.8. The quantitative estimate of drug-likeness (QED) is 0.687. The van der Waals surface area contributed by atoms with Crippen LogP contribution in [0, 0.1) is 6.92 Å². The second kappa shape index (κ2) is 6.15. The molecule has 0 bridgehead atoms. The van der Waals surface area contributed by atoms with Crippen molar-refractivity contribution in [1.82, 2.24) is 9.97 Å². The SMILES string of the molecule is Cc1cc(C(=O)O)nc(NC(C)CCCO)n1. The monoisotopic (exact) mass is 239 g/mol. The lowest BCUT2D eigenvalue weighted by Crippen LogP contribution is -2.18. The van der Waals surface area contributed by atoms with Gasteiger partial charge < -0.3 is 15.5 Å². The molecule has 6 nitrogen and oxygen atoms in total. The van der Waals surface area contributed by atoms with Crippen LogP contribution in [-0.4, -0.2) is 38.8 Å². The smallest absolute Gasteiger partial charge is 0.354 e. The van der Waals surface area contributed by atoms with E-state index in [9.17, 15) is 4.79 Å². The minimum absolute atomic E-state index is 0.0191. The number of anilines is 1. The summed E-state index contributed by atoms with van der Waals surface area (Å²) in [5.41, 5.74) is 0.587. The summed E-state index contributed by atoms with van der Waals surface area (Å²) in [7, 11) is 0. The van der Waals surface area contributed by atoms with Crippen molar-refractivity contribution in [3.8, 4) is 0 Å². The molecule has 0 radical (unpaired) electrons. The molecule has 1 atom stereocenters. The van der Waals surface area contributed by atoms with Gasteiger partial charge in [-0.15, -0.1) is 0 Å². The Balaban J connectivity index is 2.73. The molecule has 94 valence electrons. The van der Waals surface area contributed by atoms with E-state index in [1.165, 1.54) is 6.07 Å². The van der Waals surface area contributed by atoms with Gasteiger partial charge in [0.1, 0.15) is 0 Å². The van der Waals surface area contributed by atoms with Gasteiger partial charge in [-0.2, -0.15) is 0 Å². The Kier molecular flexibility index (Phi) is 4.84. The molecule has 1 heterocycles. The Morgan fingerprint density at radius 3 is 2.82 bits per heavy atom. The molecule has 6 heteroatoms. The predicted molar refractivity (Wildman–Crippen MR) is 63.1 cm³/mol. The number of carboxylic acid groups (broad SMARTS) is 1. The van der Waals surface area contributed by atoms with Crippen molar-refractivity contribution in [3.05, 3.63) is 17.5 Å². The lowest BCUT2D eigenvalue weighted by Gasteiger charge is -2.13. The van der Waals surface area contributed by atoms with Gasteiger partial charge in [0.2, 0.25) is 5.95 Å². The van der Waals surface area contributed by atoms with Crippen LogP contribution in [0.2, 0.25) is 0 Å². The topological polar surface area (TPSA) is 95.3 Å². The fourth-order valence-electron chi connectivity index (χ4n) is 1.43. The summed E-state index contributed by atoms with van der Waals surface area (Å²) in [5, 5.41) is 20.6. The zero-order valence-electron chi connectivity index (χ0n) is 9.97. The number of aliphatic hydroxyl groups excluding tert-OH is 1. The standard InChI is InChI=1S/C11H17N3O3/c1-7(4-3-5-15)12-11-13-8(2)6-9(14-11)10(16)17/h6-7,15H,3-5H2,1-2H3,(H,16,17)(H,12,13,14). The summed E-state index contributed by atoms with van der Waals surface area (Å²) in [4.78, 5) is 18.8. The number of hydrogen-bond acceptors (Lipinski definition) is 5. The summed E-state index contributed by atoms with van der Waals surface area (Å²) in [6, 6.07) is 1.51. The van der Waals surface area contributed by atoms with Gasteiger partial charge >= 0.3 is 5.97 Å². The summed E-state index contributed by atoms with van der Waals surface area (Å²) in [6.07, 6.45) is 1.46. The molecule has 0 aromatic carbocycles. The minimum Gasteiger partial charge on any atom is -0.477 e. The third-order valence-electron chi connectivity index (χ3n) is 2.24. The van der Waals surface area contributed by atoms with Crippen LogP contribution < -0.4 is 5.32 Å². The van der Waals surface area contributed by atoms with Gasteiger partial charge in [0, 0.05) is 18.3 Å². The van der Waals surface area contributed by atoms with Crippen LogP contribution in [0.1, 0.15) is 35.9 Å². The molecule has 1 aromatic heterocycles. The highest BCUT2D eigenvalue weighted by Crippen LogP contribution is 2.08. The molecular weight excluding hydrogens is 222 g/mol. The highest BCUT2D eigenvalue weighted by Gasteiger charge is 2.10. The maximum absolute atomic E-state index is 10.8. The van der Waals surface area contributed by atoms with E-state index in [0.29, 0.717) is 18.1 Å². The van der Waals surface area contributed by atoms with E-state index in [1.54, 1.807) is 6.92 Å². The van der Waals surface area contributed by atoms with E-state index >= 15 is 0 Å². The Hall–Kier alpha value is -1.69. The molecule has 0 aliphatic rings. The van der Waals surface area contributed by atoms with Gasteiger partial charge in [-0.05, 0) is 32.8 Å². The van der Waals surface area contributed by atoms with E-state index in [0.717, 1.165) is 6.42 Å². The van der Waals surface area contributed by atoms with Crippen LogP contribution in [0.3, 0.4) is 0 Å². The average Bonchev–Trinajstić information content (AvgIpc) is 2.25. The van der Waals surface area contributed by atoms with Crippen LogP contribution in [0.15, 0.2) is 6.07 Å². The lowest BCUT2D eigenvalue weighted by atomic mass is 10.2. The Morgan fingerprint density at radius 2 is 2.24 bits per heavy atom. The number of aryl methyl sites for hydroxylation is 1. The number of rotatable bonds is 6. The van der Waals surface area contributed by atoms with Crippen molar-refractivity contribution in [1.29, 1.82) is 0 Å². The summed E-state index contributed by atoms with van der Waals surface area (Å²) in [5.74, 6) is -0.755. The summed E-state index contributed by atoms with van der Waals surface area (Å²) in [6.45, 7) is 3.79. The van der Waals surface area contributed by atoms with Crippen molar-refractivity contribution in [3.63, 3.8) is 0 Å². The van der Waals surface area contributed by atoms with Crippen molar-refractivity contribution < 1.29 is 15.0 Å². The molecule has 3 N–H and O–H groups in total. The molecule has 0 saturated heterocycles. The number of nitrogens with zero attached hydrogens (tertiary/aromatic N) is 2. The lowest BCUT2D eigenvalue weighted by molar-refractivity contribution is 0.0690. The summed E-state index contributed by atoms with van der Waals surface area (Å²) >= 11 is 0. The van der Waals surface area contributed by atoms with Gasteiger partial charge in [-0.3, -0.25) is 0 Å². The van der Waals surface area contributed by atoms with Crippen LogP contribution in [0.4, 0.5) is 5.95 Å². The third kappa shape index (κ3) is 4.36. The minimum atomic E-state index is -1.07. The van der Waals surface area contributed by atoms with Gasteiger partial charge in [0.15, 0.2) is 5.69 Å². The maximum Gasteiger partial charge on any atom is 0.354 e. The van der Waals surface area contributed by atoms with Gasteiger partial charge in [0.05, 0.1) is 0 Å².